The number of carbonyl (C=O) groups is 3. The number of fused-ring (bicyclic) bond motifs is 1. The number of methoxy groups -OCH3 is 1. The van der Waals surface area contributed by atoms with Crippen molar-refractivity contribution in [2.75, 3.05) is 25.2 Å². The topological polar surface area (TPSA) is 139 Å². The maximum Gasteiger partial charge on any atom is 0.326 e. The third kappa shape index (κ3) is 6.93. The molecular formula is C31H33ClN4O5. The molecule has 0 aliphatic rings. The lowest BCUT2D eigenvalue weighted by Crippen LogP contribution is -2.36. The number of rotatable bonds is 11. The summed E-state index contributed by atoms with van der Waals surface area (Å²) < 4.78 is 10.5. The van der Waals surface area contributed by atoms with Crippen LogP contribution in [0.1, 0.15) is 50.9 Å². The van der Waals surface area contributed by atoms with E-state index in [-0.39, 0.29) is 43.6 Å². The molecule has 0 fully saturated rings. The zero-order valence-corrected chi connectivity index (χ0v) is 24.0. The van der Waals surface area contributed by atoms with Crippen LogP contribution >= 0.6 is 12.4 Å². The molecule has 0 saturated carbocycles. The van der Waals surface area contributed by atoms with Crippen LogP contribution in [0.25, 0.3) is 10.9 Å². The van der Waals surface area contributed by atoms with Gasteiger partial charge in [-0.1, -0.05) is 36.4 Å². The maximum absolute atomic E-state index is 13.7. The second-order valence-corrected chi connectivity index (χ2v) is 9.29. The van der Waals surface area contributed by atoms with E-state index in [1.807, 2.05) is 19.1 Å². The average Bonchev–Trinajstić information content (AvgIpc) is 3.29. The molecule has 0 aliphatic heterocycles. The Hall–Kier alpha value is -4.63. The zero-order valence-electron chi connectivity index (χ0n) is 23.2. The molecule has 0 atom stereocenters. The molecule has 1 aromatic heterocycles. The van der Waals surface area contributed by atoms with Gasteiger partial charge in [-0.3, -0.25) is 24.7 Å². The number of carbonyl (C=O) groups excluding carboxylic acids is 3. The molecule has 4 rings (SSSR count). The number of nitrogens with one attached hydrogen (secondary N) is 2. The molecule has 10 heteroatoms. The normalized spacial score (nSPS) is 10.5. The van der Waals surface area contributed by atoms with E-state index in [0.29, 0.717) is 39.9 Å². The minimum atomic E-state index is -0.553. The summed E-state index contributed by atoms with van der Waals surface area (Å²) >= 11 is 0. The number of amides is 1. The number of H-pyrrole nitrogens is 1. The first-order chi connectivity index (χ1) is 19.2. The number of nitrogens with zero attached hydrogens (tertiary/aromatic N) is 1. The number of aromatic amines is 1. The number of hydrogen-bond donors (Lipinski definition) is 3. The number of ether oxygens (including phenoxy) is 2. The molecular weight excluding hydrogens is 544 g/mol. The van der Waals surface area contributed by atoms with Crippen LogP contribution in [0.15, 0.2) is 66.7 Å². The highest BCUT2D eigenvalue weighted by Gasteiger charge is 2.25. The number of ketones is 1. The summed E-state index contributed by atoms with van der Waals surface area (Å²) in [5.41, 5.74) is 9.87. The van der Waals surface area contributed by atoms with Gasteiger partial charge in [-0.15, -0.1) is 12.4 Å². The number of nitrogens with two attached hydrogens (primary N) is 1. The Kier molecular flexibility index (Phi) is 10.3. The lowest BCUT2D eigenvalue weighted by Gasteiger charge is -2.23. The Morgan fingerprint density at radius 3 is 2.39 bits per heavy atom. The van der Waals surface area contributed by atoms with Crippen LogP contribution in [0.5, 0.6) is 5.75 Å². The highest BCUT2D eigenvalue weighted by Crippen LogP contribution is 2.30. The van der Waals surface area contributed by atoms with Crippen molar-refractivity contribution in [2.45, 2.75) is 26.7 Å². The van der Waals surface area contributed by atoms with Gasteiger partial charge in [-0.25, -0.2) is 0 Å². The number of aromatic nitrogens is 1. The van der Waals surface area contributed by atoms with Crippen LogP contribution in [0.4, 0.5) is 5.69 Å². The van der Waals surface area contributed by atoms with Gasteiger partial charge in [0.2, 0.25) is 0 Å². The zero-order chi connectivity index (χ0) is 28.8. The molecule has 0 bridgehead atoms. The Bertz CT molecular complexity index is 1580. The van der Waals surface area contributed by atoms with Gasteiger partial charge < -0.3 is 20.2 Å². The highest BCUT2D eigenvalue weighted by molar-refractivity contribution is 6.13. The van der Waals surface area contributed by atoms with E-state index in [2.05, 4.69) is 4.98 Å². The Morgan fingerprint density at radius 2 is 1.73 bits per heavy atom. The molecule has 3 aromatic carbocycles. The number of esters is 1. The third-order valence-corrected chi connectivity index (χ3v) is 6.64. The molecule has 0 saturated heterocycles. The minimum absolute atomic E-state index is 0. The van der Waals surface area contributed by atoms with E-state index < -0.39 is 11.9 Å². The summed E-state index contributed by atoms with van der Waals surface area (Å²) in [4.78, 5) is 44.2. The highest BCUT2D eigenvalue weighted by atomic mass is 35.5. The summed E-state index contributed by atoms with van der Waals surface area (Å²) in [6, 6.07) is 19.3. The van der Waals surface area contributed by atoms with Gasteiger partial charge in [-0.05, 0) is 56.2 Å². The lowest BCUT2D eigenvalue weighted by atomic mass is 9.99. The van der Waals surface area contributed by atoms with Gasteiger partial charge in [0, 0.05) is 39.8 Å². The smallest absolute Gasteiger partial charge is 0.326 e. The van der Waals surface area contributed by atoms with E-state index in [9.17, 15) is 14.4 Å². The van der Waals surface area contributed by atoms with Crippen molar-refractivity contribution >= 4 is 52.5 Å². The molecule has 9 nitrogen and oxygen atoms in total. The van der Waals surface area contributed by atoms with Gasteiger partial charge in [0.25, 0.3) is 5.91 Å². The molecule has 0 spiro atoms. The first-order valence-corrected chi connectivity index (χ1v) is 12.9. The number of halogens is 1. The van der Waals surface area contributed by atoms with Crippen LogP contribution in [-0.4, -0.2) is 48.7 Å². The molecule has 0 radical (unpaired) electrons. The molecule has 4 aromatic rings. The van der Waals surface area contributed by atoms with E-state index in [4.69, 9.17) is 20.6 Å². The average molecular weight is 577 g/mol. The second-order valence-electron chi connectivity index (χ2n) is 9.29. The Labute approximate surface area is 244 Å². The van der Waals surface area contributed by atoms with Gasteiger partial charge in [0.15, 0.2) is 5.78 Å². The van der Waals surface area contributed by atoms with E-state index in [1.54, 1.807) is 61.5 Å². The second kappa shape index (κ2) is 13.6. The first-order valence-electron chi connectivity index (χ1n) is 12.9. The number of benzene rings is 3. The van der Waals surface area contributed by atoms with Crippen LogP contribution in [0.2, 0.25) is 0 Å². The van der Waals surface area contributed by atoms with E-state index >= 15 is 0 Å². The number of para-hydroxylation sites is 1. The number of hydrogen-bond acceptors (Lipinski definition) is 6. The number of amidine groups is 1. The SMILES string of the molecule is CCOC(=O)CN(C(=O)c1ccccc1OC)c1ccc2[nH]c(C)c(C(=O)CCc3ccc(C(=N)N)cc3)c2c1.Cl. The Balaban J connectivity index is 0.00000462. The van der Waals surface area contributed by atoms with Crippen LogP contribution < -0.4 is 15.4 Å². The first kappa shape index (κ1) is 30.9. The predicted octanol–water partition coefficient (Wildman–Crippen LogP) is 5.22. The lowest BCUT2D eigenvalue weighted by molar-refractivity contribution is -0.141. The standard InChI is InChI=1S/C31H32N4O5.ClH/c1-4-40-28(37)18-35(31(38)23-7-5-6-8-27(23)39-3)22-14-15-25-24(17-22)29(19(2)34-25)26(36)16-11-20-9-12-21(13-10-20)30(32)33;/h5-10,12-15,17,34H,4,11,16,18H2,1-3H3,(H3,32,33);1H. The fraction of sp³-hybridized carbons (Fsp3) is 0.226. The molecule has 0 unspecified atom stereocenters. The van der Waals surface area contributed by atoms with Crippen molar-refractivity contribution < 1.29 is 23.9 Å². The number of anilines is 1. The van der Waals surface area contributed by atoms with Crippen molar-refractivity contribution in [1.29, 1.82) is 5.41 Å². The van der Waals surface area contributed by atoms with Crippen LogP contribution in [0, 0.1) is 12.3 Å². The van der Waals surface area contributed by atoms with Crippen LogP contribution in [-0.2, 0) is 16.0 Å². The number of nitrogen functional groups attached to an aromatic ring is 1. The summed E-state index contributed by atoms with van der Waals surface area (Å²) in [5, 5.41) is 8.20. The van der Waals surface area contributed by atoms with Gasteiger partial charge in [0.1, 0.15) is 18.1 Å². The van der Waals surface area contributed by atoms with Gasteiger partial charge >= 0.3 is 5.97 Å². The summed E-state index contributed by atoms with van der Waals surface area (Å²) in [6.07, 6.45) is 0.786. The fourth-order valence-electron chi connectivity index (χ4n) is 4.66. The molecule has 1 heterocycles. The van der Waals surface area contributed by atoms with Crippen molar-refractivity contribution in [3.8, 4) is 5.75 Å². The van der Waals surface area contributed by atoms with Crippen LogP contribution in [0.3, 0.4) is 0 Å². The molecule has 4 N–H and O–H groups in total. The largest absolute Gasteiger partial charge is 0.496 e. The summed E-state index contributed by atoms with van der Waals surface area (Å²) in [6.45, 7) is 3.42. The third-order valence-electron chi connectivity index (χ3n) is 6.64. The molecule has 0 aliphatic carbocycles. The summed E-state index contributed by atoms with van der Waals surface area (Å²) in [7, 11) is 1.48. The van der Waals surface area contributed by atoms with Crippen molar-refractivity contribution in [1.82, 2.24) is 4.98 Å². The van der Waals surface area contributed by atoms with Crippen molar-refractivity contribution in [3.63, 3.8) is 0 Å². The number of Topliss-reactive ketones (excluding diaryl/α,β-unsaturated/α-hetero) is 1. The van der Waals surface area contributed by atoms with Gasteiger partial charge in [-0.2, -0.15) is 0 Å². The molecule has 41 heavy (non-hydrogen) atoms. The minimum Gasteiger partial charge on any atom is -0.496 e. The van der Waals surface area contributed by atoms with Crippen molar-refractivity contribution in [2.24, 2.45) is 5.73 Å². The van der Waals surface area contributed by atoms with E-state index in [0.717, 1.165) is 16.8 Å². The predicted molar refractivity (Wildman–Crippen MR) is 162 cm³/mol. The molecule has 1 amide bonds. The summed E-state index contributed by atoms with van der Waals surface area (Å²) in [5.74, 6) is -0.659. The monoisotopic (exact) mass is 576 g/mol. The fourth-order valence-corrected chi connectivity index (χ4v) is 4.66. The quantitative estimate of drug-likeness (QED) is 0.0968. The van der Waals surface area contributed by atoms with E-state index in [1.165, 1.54) is 12.0 Å². The maximum atomic E-state index is 13.7. The van der Waals surface area contributed by atoms with Crippen molar-refractivity contribution in [3.05, 3.63) is 94.7 Å². The Morgan fingerprint density at radius 1 is 1.02 bits per heavy atom. The number of aryl methyl sites for hydroxylation is 2. The van der Waals surface area contributed by atoms with Gasteiger partial charge in [0.05, 0.1) is 19.3 Å². The molecule has 214 valence electrons.